The number of benzene rings is 3. The van der Waals surface area contributed by atoms with Crippen molar-refractivity contribution in [3.05, 3.63) is 70.3 Å². The Hall–Kier alpha value is -5.59. The van der Waals surface area contributed by atoms with Crippen molar-refractivity contribution in [3.8, 4) is 22.9 Å². The van der Waals surface area contributed by atoms with E-state index in [0.717, 1.165) is 6.21 Å². The molecule has 0 saturated carbocycles. The van der Waals surface area contributed by atoms with Gasteiger partial charge >= 0.3 is 12.1 Å². The molecule has 4 rings (SSSR count). The molecule has 0 aliphatic heterocycles. The summed E-state index contributed by atoms with van der Waals surface area (Å²) in [5.74, 6) is 0.299. The lowest BCUT2D eigenvalue weighted by Crippen LogP contribution is -2.27. The number of nitro benzene ring substituents is 1. The second-order valence-electron chi connectivity index (χ2n) is 10.0. The number of nitro groups is 1. The van der Waals surface area contributed by atoms with Crippen LogP contribution in [0, 0.1) is 15.5 Å². The van der Waals surface area contributed by atoms with Crippen LogP contribution in [0.1, 0.15) is 33.3 Å². The summed E-state index contributed by atoms with van der Waals surface area (Å²) in [5, 5.41) is 25.5. The highest BCUT2D eigenvalue weighted by Gasteiger charge is 2.19. The molecule has 13 nitrogen and oxygen atoms in total. The van der Waals surface area contributed by atoms with Crippen molar-refractivity contribution < 1.29 is 28.7 Å². The molecule has 0 aliphatic carbocycles. The quantitative estimate of drug-likeness (QED) is 0.0720. The van der Waals surface area contributed by atoms with Crippen LogP contribution in [-0.4, -0.2) is 45.9 Å². The van der Waals surface area contributed by atoms with Crippen molar-refractivity contribution in [1.82, 2.24) is 9.97 Å². The summed E-state index contributed by atoms with van der Waals surface area (Å²) in [5.41, 5.74) is 1.21. The molecule has 13 heteroatoms. The molecule has 0 atom stereocenters. The summed E-state index contributed by atoms with van der Waals surface area (Å²) < 4.78 is 16.0. The molecule has 0 bridgehead atoms. The topological polar surface area (TPSA) is 179 Å². The summed E-state index contributed by atoms with van der Waals surface area (Å²) in [6.07, 6.45) is 0.412. The minimum Gasteiger partial charge on any atom is -0.493 e. The summed E-state index contributed by atoms with van der Waals surface area (Å²) in [7, 11) is 1.42. The summed E-state index contributed by atoms with van der Waals surface area (Å²) in [4.78, 5) is 44.1. The lowest BCUT2D eigenvalue weighted by atomic mass is 10.1. The average molecular weight is 573 g/mol. The van der Waals surface area contributed by atoms with Crippen molar-refractivity contribution in [1.29, 1.82) is 5.41 Å². The third kappa shape index (κ3) is 6.94. The fraction of sp³-hybridized carbons (Fsp3) is 0.207. The van der Waals surface area contributed by atoms with Crippen LogP contribution in [0.3, 0.4) is 0 Å². The van der Waals surface area contributed by atoms with Crippen LogP contribution in [-0.2, 0) is 9.53 Å². The number of rotatable bonds is 8. The maximum absolute atomic E-state index is 12.3. The molecule has 42 heavy (non-hydrogen) atoms. The van der Waals surface area contributed by atoms with Gasteiger partial charge in [-0.1, -0.05) is 12.1 Å². The van der Waals surface area contributed by atoms with E-state index < -0.39 is 22.6 Å². The number of amides is 1. The molecule has 1 heterocycles. The molecule has 0 spiro atoms. The standard InChI is InChI=1S/C29H28N6O7/c1-16(36)41-25-13-21-23(14-24(25)40-5)32-26(17-7-6-8-20(12-17)35(38)39)34-27(21)31-19-9-10-22(18(11-19)15-30)33-28(37)42-29(2,3)4/h6-15,30H,1-5H3,(H,33,37)(H,31,32,34). The molecule has 216 valence electrons. The Morgan fingerprint density at radius 3 is 2.45 bits per heavy atom. The number of nitrogens with zero attached hydrogens (tertiary/aromatic N) is 3. The summed E-state index contributed by atoms with van der Waals surface area (Å²) in [6, 6.07) is 13.9. The van der Waals surface area contributed by atoms with E-state index in [1.165, 1.54) is 32.2 Å². The monoisotopic (exact) mass is 572 g/mol. The predicted molar refractivity (Wildman–Crippen MR) is 157 cm³/mol. The van der Waals surface area contributed by atoms with Crippen LogP contribution in [0.15, 0.2) is 54.6 Å². The highest BCUT2D eigenvalue weighted by Crippen LogP contribution is 2.37. The number of non-ortho nitro benzene ring substituents is 1. The predicted octanol–water partition coefficient (Wildman–Crippen LogP) is 6.23. The van der Waals surface area contributed by atoms with E-state index in [1.807, 2.05) is 0 Å². The Bertz CT molecular complexity index is 1720. The number of carbonyl (C=O) groups is 2. The van der Waals surface area contributed by atoms with Gasteiger partial charge in [0.05, 0.1) is 23.2 Å². The third-order valence-corrected chi connectivity index (χ3v) is 5.66. The van der Waals surface area contributed by atoms with Crippen LogP contribution in [0.4, 0.5) is 27.7 Å². The van der Waals surface area contributed by atoms with Gasteiger partial charge in [-0.15, -0.1) is 0 Å². The number of aromatic nitrogens is 2. The van der Waals surface area contributed by atoms with Gasteiger partial charge in [0.1, 0.15) is 11.4 Å². The van der Waals surface area contributed by atoms with Gasteiger partial charge < -0.3 is 24.9 Å². The second kappa shape index (κ2) is 11.9. The van der Waals surface area contributed by atoms with Crippen molar-refractivity contribution in [2.24, 2.45) is 0 Å². The van der Waals surface area contributed by atoms with Crippen molar-refractivity contribution in [3.63, 3.8) is 0 Å². The number of esters is 1. The molecule has 4 aromatic rings. The summed E-state index contributed by atoms with van der Waals surface area (Å²) >= 11 is 0. The molecule has 1 amide bonds. The highest BCUT2D eigenvalue weighted by molar-refractivity contribution is 5.97. The molecule has 0 fully saturated rings. The Kier molecular flexibility index (Phi) is 8.31. The Labute approximate surface area is 240 Å². The van der Waals surface area contributed by atoms with Crippen LogP contribution in [0.2, 0.25) is 0 Å². The molecular formula is C29H28N6O7. The third-order valence-electron chi connectivity index (χ3n) is 5.66. The molecule has 0 radical (unpaired) electrons. The van der Waals surface area contributed by atoms with E-state index in [-0.39, 0.29) is 28.8 Å². The normalized spacial score (nSPS) is 11.0. The lowest BCUT2D eigenvalue weighted by Gasteiger charge is -2.20. The van der Waals surface area contributed by atoms with E-state index in [0.29, 0.717) is 33.4 Å². The SMILES string of the molecule is COc1cc2nc(-c3cccc([N+](=O)[O-])c3)nc(Nc3ccc(NC(=O)OC(C)(C)C)c(C=N)c3)c2cc1OC(C)=O. The first-order valence-electron chi connectivity index (χ1n) is 12.6. The first-order chi connectivity index (χ1) is 19.9. The van der Waals surface area contributed by atoms with Gasteiger partial charge in [0.2, 0.25) is 0 Å². The maximum atomic E-state index is 12.3. The molecule has 0 saturated heterocycles. The molecule has 1 aromatic heterocycles. The fourth-order valence-corrected chi connectivity index (χ4v) is 3.94. The number of ether oxygens (including phenoxy) is 3. The zero-order valence-corrected chi connectivity index (χ0v) is 23.5. The number of fused-ring (bicyclic) bond motifs is 1. The van der Waals surface area contributed by atoms with Crippen LogP contribution < -0.4 is 20.1 Å². The molecule has 3 N–H and O–H groups in total. The van der Waals surface area contributed by atoms with Gasteiger partial charge in [0, 0.05) is 53.5 Å². The zero-order chi connectivity index (χ0) is 30.6. The number of carbonyl (C=O) groups excluding carboxylic acids is 2. The number of nitrogens with one attached hydrogen (secondary N) is 3. The van der Waals surface area contributed by atoms with Gasteiger partial charge in [-0.05, 0) is 45.0 Å². The number of methoxy groups -OCH3 is 1. The van der Waals surface area contributed by atoms with Crippen LogP contribution >= 0.6 is 0 Å². The van der Waals surface area contributed by atoms with E-state index >= 15 is 0 Å². The smallest absolute Gasteiger partial charge is 0.412 e. The van der Waals surface area contributed by atoms with E-state index in [9.17, 15) is 19.7 Å². The first kappa shape index (κ1) is 29.4. The van der Waals surface area contributed by atoms with Gasteiger partial charge in [-0.3, -0.25) is 20.2 Å². The zero-order valence-electron chi connectivity index (χ0n) is 23.5. The van der Waals surface area contributed by atoms with E-state index in [1.54, 1.807) is 57.2 Å². The van der Waals surface area contributed by atoms with Crippen molar-refractivity contribution in [2.45, 2.75) is 33.3 Å². The van der Waals surface area contributed by atoms with E-state index in [2.05, 4.69) is 20.6 Å². The Balaban J connectivity index is 1.82. The number of hydrogen-bond acceptors (Lipinski definition) is 11. The largest absolute Gasteiger partial charge is 0.493 e. The Morgan fingerprint density at radius 2 is 1.81 bits per heavy atom. The van der Waals surface area contributed by atoms with Gasteiger partial charge in [-0.2, -0.15) is 0 Å². The maximum Gasteiger partial charge on any atom is 0.412 e. The van der Waals surface area contributed by atoms with Gasteiger partial charge in [0.15, 0.2) is 17.3 Å². The molecular weight excluding hydrogens is 544 g/mol. The Morgan fingerprint density at radius 1 is 1.05 bits per heavy atom. The molecule has 0 aliphatic rings. The lowest BCUT2D eigenvalue weighted by molar-refractivity contribution is -0.384. The number of hydrogen-bond donors (Lipinski definition) is 3. The average Bonchev–Trinajstić information content (AvgIpc) is 2.92. The van der Waals surface area contributed by atoms with Crippen LogP contribution in [0.5, 0.6) is 11.5 Å². The van der Waals surface area contributed by atoms with Crippen molar-refractivity contribution in [2.75, 3.05) is 17.7 Å². The minimum absolute atomic E-state index is 0.128. The van der Waals surface area contributed by atoms with Gasteiger partial charge in [0.25, 0.3) is 5.69 Å². The highest BCUT2D eigenvalue weighted by atomic mass is 16.6. The fourth-order valence-electron chi connectivity index (χ4n) is 3.94. The first-order valence-corrected chi connectivity index (χ1v) is 12.6. The van der Waals surface area contributed by atoms with Crippen molar-refractivity contribution >= 4 is 52.1 Å². The van der Waals surface area contributed by atoms with Gasteiger partial charge in [-0.25, -0.2) is 14.8 Å². The molecule has 0 unspecified atom stereocenters. The number of anilines is 3. The minimum atomic E-state index is -0.699. The second-order valence-corrected chi connectivity index (χ2v) is 10.0. The van der Waals surface area contributed by atoms with E-state index in [4.69, 9.17) is 19.6 Å². The summed E-state index contributed by atoms with van der Waals surface area (Å²) in [6.45, 7) is 6.49. The van der Waals surface area contributed by atoms with Crippen LogP contribution in [0.25, 0.3) is 22.3 Å². The molecule has 3 aromatic carbocycles.